The summed E-state index contributed by atoms with van der Waals surface area (Å²) in [6.07, 6.45) is 4.93. The molecule has 1 heterocycles. The van der Waals surface area contributed by atoms with E-state index in [0.29, 0.717) is 11.5 Å². The van der Waals surface area contributed by atoms with E-state index in [2.05, 4.69) is 49.4 Å². The number of fused-ring (bicyclic) bond motifs is 4. The highest BCUT2D eigenvalue weighted by molar-refractivity contribution is 5.79. The summed E-state index contributed by atoms with van der Waals surface area (Å²) in [5.74, 6) is 0.416. The van der Waals surface area contributed by atoms with E-state index in [1.807, 2.05) is 31.3 Å². The zero-order valence-corrected chi connectivity index (χ0v) is 19.6. The molecule has 0 amide bonds. The Morgan fingerprint density at radius 3 is 2.59 bits per heavy atom. The molecule has 0 radical (unpaired) electrons. The topological polar surface area (TPSA) is 74.6 Å². The summed E-state index contributed by atoms with van der Waals surface area (Å²) in [4.78, 5) is 11.7. The van der Waals surface area contributed by atoms with E-state index in [1.54, 1.807) is 5.06 Å². The fourth-order valence-electron chi connectivity index (χ4n) is 6.31. The molecule has 0 saturated heterocycles. The van der Waals surface area contributed by atoms with Crippen LogP contribution in [0.1, 0.15) is 46.2 Å². The van der Waals surface area contributed by atoms with E-state index in [0.717, 1.165) is 48.8 Å². The summed E-state index contributed by atoms with van der Waals surface area (Å²) < 4.78 is 0. The molecular weight excluding hydrogens is 420 g/mol. The van der Waals surface area contributed by atoms with Crippen molar-refractivity contribution in [1.29, 1.82) is 5.26 Å². The number of aryl methyl sites for hydroxylation is 2. The van der Waals surface area contributed by atoms with Gasteiger partial charge in [0.2, 0.25) is 11.7 Å². The number of hydroxylamine groups is 2. The molecule has 3 aromatic rings. The molecule has 2 atom stereocenters. The van der Waals surface area contributed by atoms with Gasteiger partial charge in [-0.3, -0.25) is 0 Å². The van der Waals surface area contributed by atoms with Gasteiger partial charge in [-0.2, -0.15) is 5.26 Å². The Morgan fingerprint density at radius 1 is 1.00 bits per heavy atom. The maximum Gasteiger partial charge on any atom is 0.220 e. The predicted octanol–water partition coefficient (Wildman–Crippen LogP) is 5.00. The van der Waals surface area contributed by atoms with Gasteiger partial charge in [-0.25, -0.2) is 14.9 Å². The first kappa shape index (κ1) is 20.9. The van der Waals surface area contributed by atoms with Crippen molar-refractivity contribution in [2.75, 3.05) is 7.05 Å². The Bertz CT molecular complexity index is 1390. The van der Waals surface area contributed by atoms with Gasteiger partial charge in [-0.1, -0.05) is 42.5 Å². The maximum absolute atomic E-state index is 9.39. The Morgan fingerprint density at radius 2 is 1.79 bits per heavy atom. The van der Waals surface area contributed by atoms with E-state index in [1.165, 1.54) is 22.3 Å². The van der Waals surface area contributed by atoms with Crippen LogP contribution in [-0.4, -0.2) is 18.1 Å². The first-order valence-corrected chi connectivity index (χ1v) is 11.9. The third-order valence-corrected chi connectivity index (χ3v) is 8.15. The van der Waals surface area contributed by atoms with Crippen LogP contribution in [0.5, 0.6) is 0 Å². The molecule has 3 aliphatic rings. The van der Waals surface area contributed by atoms with Crippen LogP contribution < -0.4 is 5.73 Å². The molecule has 170 valence electrons. The number of hydrogen-bond acceptors (Lipinski definition) is 5. The highest BCUT2D eigenvalue weighted by Gasteiger charge is 2.61. The minimum absolute atomic E-state index is 0.177. The molecule has 2 spiro atoms. The number of hydrogen-bond donors (Lipinski definition) is 1. The van der Waals surface area contributed by atoms with Gasteiger partial charge in [0.05, 0.1) is 11.6 Å². The maximum atomic E-state index is 9.39. The van der Waals surface area contributed by atoms with E-state index < -0.39 is 5.72 Å². The molecule has 2 aliphatic carbocycles. The highest BCUT2D eigenvalue weighted by Crippen LogP contribution is 2.60. The van der Waals surface area contributed by atoms with Crippen molar-refractivity contribution in [2.45, 2.75) is 44.8 Å². The average molecular weight is 449 g/mol. The second-order valence-electron chi connectivity index (χ2n) is 9.94. The van der Waals surface area contributed by atoms with Crippen molar-refractivity contribution in [3.8, 4) is 17.2 Å². The zero-order valence-electron chi connectivity index (χ0n) is 19.6. The van der Waals surface area contributed by atoms with Gasteiger partial charge in [0.1, 0.15) is 0 Å². The van der Waals surface area contributed by atoms with Crippen LogP contribution in [0.25, 0.3) is 11.1 Å². The molecule has 1 aliphatic heterocycles. The Hall–Kier alpha value is -3.62. The van der Waals surface area contributed by atoms with Crippen LogP contribution in [0.3, 0.4) is 0 Å². The number of nitrogens with zero attached hydrogens (tertiary/aromatic N) is 3. The minimum atomic E-state index is -0.857. The monoisotopic (exact) mass is 448 g/mol. The molecule has 0 bridgehead atoms. The number of nitrogens with two attached hydrogens (primary N) is 1. The van der Waals surface area contributed by atoms with Crippen molar-refractivity contribution in [2.24, 2.45) is 16.1 Å². The quantitative estimate of drug-likeness (QED) is 0.569. The normalized spacial score (nSPS) is 25.1. The van der Waals surface area contributed by atoms with Crippen molar-refractivity contribution in [3.05, 3.63) is 94.0 Å². The number of rotatable bonds is 1. The number of aliphatic imine (C=N–C) groups is 1. The Kier molecular flexibility index (Phi) is 4.59. The van der Waals surface area contributed by atoms with Crippen LogP contribution in [0, 0.1) is 23.7 Å². The van der Waals surface area contributed by atoms with Crippen LogP contribution in [0.2, 0.25) is 0 Å². The van der Waals surface area contributed by atoms with Gasteiger partial charge in [0, 0.05) is 18.0 Å². The average Bonchev–Trinajstić information content (AvgIpc) is 3.17. The second-order valence-corrected chi connectivity index (χ2v) is 9.94. The van der Waals surface area contributed by atoms with Crippen LogP contribution in [0.15, 0.2) is 65.7 Å². The molecule has 0 fully saturated rings. The van der Waals surface area contributed by atoms with Crippen molar-refractivity contribution in [3.63, 3.8) is 0 Å². The number of guanidine groups is 1. The molecule has 3 aromatic carbocycles. The van der Waals surface area contributed by atoms with Gasteiger partial charge in [0.15, 0.2) is 0 Å². The molecule has 2 N–H and O–H groups in total. The lowest BCUT2D eigenvalue weighted by atomic mass is 9.57. The fraction of sp³-hybridized carbons (Fsp3) is 0.310. The van der Waals surface area contributed by atoms with Gasteiger partial charge >= 0.3 is 0 Å². The molecule has 0 saturated carbocycles. The van der Waals surface area contributed by atoms with Gasteiger partial charge in [-0.05, 0) is 90.6 Å². The Balaban J connectivity index is 1.53. The smallest absolute Gasteiger partial charge is 0.220 e. The minimum Gasteiger partial charge on any atom is -0.368 e. The van der Waals surface area contributed by atoms with Crippen LogP contribution in [0.4, 0.5) is 0 Å². The van der Waals surface area contributed by atoms with Crippen molar-refractivity contribution in [1.82, 2.24) is 5.06 Å². The Labute approximate surface area is 200 Å². The molecule has 5 nitrogen and oxygen atoms in total. The van der Waals surface area contributed by atoms with E-state index in [-0.39, 0.29) is 5.41 Å². The van der Waals surface area contributed by atoms with Gasteiger partial charge < -0.3 is 5.73 Å². The summed E-state index contributed by atoms with van der Waals surface area (Å²) in [6.45, 7) is 2.21. The lowest BCUT2D eigenvalue weighted by molar-refractivity contribution is -0.237. The first-order chi connectivity index (χ1) is 16.4. The van der Waals surface area contributed by atoms with E-state index in [9.17, 15) is 5.26 Å². The first-order valence-electron chi connectivity index (χ1n) is 11.9. The van der Waals surface area contributed by atoms with Crippen LogP contribution in [-0.2, 0) is 29.8 Å². The molecular formula is C29H28N4O. The lowest BCUT2D eigenvalue weighted by Gasteiger charge is -2.51. The van der Waals surface area contributed by atoms with E-state index in [4.69, 9.17) is 15.6 Å². The number of benzene rings is 3. The lowest BCUT2D eigenvalue weighted by Crippen LogP contribution is -2.52. The van der Waals surface area contributed by atoms with Crippen molar-refractivity contribution < 1.29 is 4.84 Å². The number of nitriles is 1. The fourth-order valence-corrected chi connectivity index (χ4v) is 6.31. The molecule has 0 aromatic heterocycles. The van der Waals surface area contributed by atoms with Crippen LogP contribution >= 0.6 is 0 Å². The molecule has 2 unspecified atom stereocenters. The van der Waals surface area contributed by atoms with Gasteiger partial charge in [-0.15, -0.1) is 0 Å². The largest absolute Gasteiger partial charge is 0.368 e. The van der Waals surface area contributed by atoms with Crippen molar-refractivity contribution >= 4 is 5.96 Å². The summed E-state index contributed by atoms with van der Waals surface area (Å²) in [5.41, 5.74) is 14.6. The predicted molar refractivity (Wildman–Crippen MR) is 133 cm³/mol. The highest BCUT2D eigenvalue weighted by atomic mass is 16.7. The summed E-state index contributed by atoms with van der Waals surface area (Å²) >= 11 is 0. The molecule has 5 heteroatoms. The summed E-state index contributed by atoms with van der Waals surface area (Å²) in [5, 5.41) is 11.0. The summed E-state index contributed by atoms with van der Waals surface area (Å²) in [7, 11) is 1.84. The standard InChI is InChI=1S/C29H28N4O/c1-19-5-3-8-24-17-28(14-12-25(19)24)13-11-21-9-10-23(22-7-4-6-20(15-22)18-30)16-26(21)29(28)32-27(31)33(2)34-29/h3-10,15-16H,11-14,17H2,1-2H3,(H2,31,32). The third-order valence-electron chi connectivity index (χ3n) is 8.15. The zero-order chi connectivity index (χ0) is 23.5. The third kappa shape index (κ3) is 2.92. The molecule has 6 rings (SSSR count). The summed E-state index contributed by atoms with van der Waals surface area (Å²) in [6, 6.07) is 23.2. The van der Waals surface area contributed by atoms with Gasteiger partial charge in [0.25, 0.3) is 0 Å². The SMILES string of the molecule is Cc1cccc2c1CCC1(CCc3ccc(-c4cccc(C#N)c4)cc3C13N=C(N)N(C)O3)C2. The second kappa shape index (κ2) is 7.44. The van der Waals surface area contributed by atoms with E-state index >= 15 is 0 Å². The molecule has 34 heavy (non-hydrogen) atoms.